The molecule has 0 aliphatic heterocycles. The molecule has 0 saturated carbocycles. The van der Waals surface area contributed by atoms with Crippen LogP contribution in [0.2, 0.25) is 0 Å². The van der Waals surface area contributed by atoms with Crippen molar-refractivity contribution in [2.24, 2.45) is 0 Å². The molecule has 0 saturated heterocycles. The van der Waals surface area contributed by atoms with Crippen LogP contribution in [0.5, 0.6) is 0 Å². The van der Waals surface area contributed by atoms with Crippen molar-refractivity contribution in [2.75, 3.05) is 0 Å². The Kier molecular flexibility index (Phi) is 5.81. The molecule has 0 fully saturated rings. The van der Waals surface area contributed by atoms with Crippen LogP contribution in [0.3, 0.4) is 0 Å². The average Bonchev–Trinajstić information content (AvgIpc) is 3.56. The fourth-order valence-electron chi connectivity index (χ4n) is 7.21. The first-order valence-electron chi connectivity index (χ1n) is 15.7. The number of pyridine rings is 1. The maximum absolute atomic E-state index is 5.11. The first-order chi connectivity index (χ1) is 22.6. The number of nitrogens with zero attached hydrogens (tertiary/aromatic N) is 4. The summed E-state index contributed by atoms with van der Waals surface area (Å²) in [5, 5.41) is 2.34. The number of aromatic nitrogens is 4. The highest BCUT2D eigenvalue weighted by Gasteiger charge is 2.36. The van der Waals surface area contributed by atoms with E-state index in [0.717, 1.165) is 44.7 Å². The molecule has 1 aliphatic rings. The van der Waals surface area contributed by atoms with Crippen molar-refractivity contribution in [1.82, 2.24) is 19.5 Å². The molecule has 0 atom stereocenters. The van der Waals surface area contributed by atoms with E-state index in [1.54, 1.807) is 0 Å². The van der Waals surface area contributed by atoms with Crippen molar-refractivity contribution < 1.29 is 0 Å². The first kappa shape index (κ1) is 26.5. The first-order valence-corrected chi connectivity index (χ1v) is 15.7. The Morgan fingerprint density at radius 1 is 0.522 bits per heavy atom. The molecule has 0 unspecified atom stereocenters. The largest absolute Gasteiger partial charge is 0.309 e. The molecule has 0 bridgehead atoms. The molecule has 9 rings (SSSR count). The Balaban J connectivity index is 1.26. The van der Waals surface area contributed by atoms with Crippen LogP contribution in [0.1, 0.15) is 25.0 Å². The molecule has 8 aromatic rings. The van der Waals surface area contributed by atoms with E-state index < -0.39 is 0 Å². The number of hydrogen-bond donors (Lipinski definition) is 0. The van der Waals surface area contributed by atoms with Crippen LogP contribution in [0.15, 0.2) is 146 Å². The highest BCUT2D eigenvalue weighted by atomic mass is 15.0. The molecule has 4 heteroatoms. The smallest absolute Gasteiger partial charge is 0.160 e. The maximum atomic E-state index is 5.11. The standard InChI is InChI=1S/C42H30N4/c1-42(2)35-19-10-9-18-31(35)32-23-33-34-26-43-21-20-39(34)46(40(33)24-36(32)42)30-17-11-16-29(22-30)41-44-37(27-12-5-3-6-13-27)25-38(45-41)28-14-7-4-8-15-28/h3-26H,1-2H3. The lowest BCUT2D eigenvalue weighted by molar-refractivity contribution is 0.661. The predicted octanol–water partition coefficient (Wildman–Crippen LogP) is 10.3. The number of benzene rings is 5. The summed E-state index contributed by atoms with van der Waals surface area (Å²) in [6.07, 6.45) is 3.88. The summed E-state index contributed by atoms with van der Waals surface area (Å²) in [5.74, 6) is 0.696. The van der Waals surface area contributed by atoms with Gasteiger partial charge in [-0.3, -0.25) is 4.98 Å². The molecule has 46 heavy (non-hydrogen) atoms. The Bertz CT molecular complexity index is 2380. The molecule has 0 radical (unpaired) electrons. The Morgan fingerprint density at radius 3 is 1.93 bits per heavy atom. The minimum atomic E-state index is -0.0962. The number of hydrogen-bond acceptors (Lipinski definition) is 3. The van der Waals surface area contributed by atoms with Gasteiger partial charge in [-0.15, -0.1) is 0 Å². The molecule has 3 heterocycles. The van der Waals surface area contributed by atoms with Crippen molar-refractivity contribution >= 4 is 21.8 Å². The van der Waals surface area contributed by atoms with E-state index in [9.17, 15) is 0 Å². The van der Waals surface area contributed by atoms with Gasteiger partial charge in [0.25, 0.3) is 0 Å². The lowest BCUT2D eigenvalue weighted by Crippen LogP contribution is -2.14. The van der Waals surface area contributed by atoms with E-state index in [2.05, 4.69) is 120 Å². The molecular formula is C42H30N4. The molecule has 0 N–H and O–H groups in total. The van der Waals surface area contributed by atoms with Gasteiger partial charge in [0.2, 0.25) is 0 Å². The van der Waals surface area contributed by atoms with Gasteiger partial charge in [0, 0.05) is 51.0 Å². The third-order valence-electron chi connectivity index (χ3n) is 9.50. The summed E-state index contributed by atoms with van der Waals surface area (Å²) in [6.45, 7) is 4.67. The van der Waals surface area contributed by atoms with Crippen molar-refractivity contribution in [1.29, 1.82) is 0 Å². The third-order valence-corrected chi connectivity index (χ3v) is 9.50. The lowest BCUT2D eigenvalue weighted by atomic mass is 9.82. The minimum absolute atomic E-state index is 0.0962. The van der Waals surface area contributed by atoms with E-state index in [4.69, 9.17) is 9.97 Å². The van der Waals surface area contributed by atoms with Crippen molar-refractivity contribution in [3.05, 3.63) is 157 Å². The Hall–Kier alpha value is -5.87. The SMILES string of the molecule is CC1(C)c2ccccc2-c2cc3c4cnccc4n(-c4cccc(-c5nc(-c6ccccc6)cc(-c6ccccc6)n5)c4)c3cc21. The predicted molar refractivity (Wildman–Crippen MR) is 188 cm³/mol. The zero-order valence-electron chi connectivity index (χ0n) is 25.6. The zero-order valence-corrected chi connectivity index (χ0v) is 25.6. The van der Waals surface area contributed by atoms with Gasteiger partial charge in [-0.2, -0.15) is 0 Å². The van der Waals surface area contributed by atoms with E-state index in [1.165, 1.54) is 33.2 Å². The minimum Gasteiger partial charge on any atom is -0.309 e. The quantitative estimate of drug-likeness (QED) is 0.205. The van der Waals surface area contributed by atoms with Gasteiger partial charge in [-0.1, -0.05) is 111 Å². The molecule has 4 nitrogen and oxygen atoms in total. The summed E-state index contributed by atoms with van der Waals surface area (Å²) in [5.41, 5.74) is 13.5. The zero-order chi connectivity index (χ0) is 30.8. The van der Waals surface area contributed by atoms with Gasteiger partial charge in [-0.05, 0) is 58.7 Å². The van der Waals surface area contributed by atoms with Crippen LogP contribution < -0.4 is 0 Å². The molecule has 5 aromatic carbocycles. The molecule has 3 aromatic heterocycles. The Morgan fingerprint density at radius 2 is 1.20 bits per heavy atom. The highest BCUT2D eigenvalue weighted by molar-refractivity contribution is 6.11. The summed E-state index contributed by atoms with van der Waals surface area (Å²) in [6, 6.07) is 47.0. The lowest BCUT2D eigenvalue weighted by Gasteiger charge is -2.21. The van der Waals surface area contributed by atoms with E-state index in [-0.39, 0.29) is 5.41 Å². The topological polar surface area (TPSA) is 43.6 Å². The van der Waals surface area contributed by atoms with Crippen LogP contribution in [0.25, 0.3) is 72.5 Å². The Labute approximate surface area is 267 Å². The molecule has 218 valence electrons. The van der Waals surface area contributed by atoms with Crippen LogP contribution in [-0.4, -0.2) is 19.5 Å². The van der Waals surface area contributed by atoms with Gasteiger partial charge in [0.1, 0.15) is 0 Å². The number of fused-ring (bicyclic) bond motifs is 6. The molecule has 0 spiro atoms. The van der Waals surface area contributed by atoms with Crippen molar-refractivity contribution in [3.63, 3.8) is 0 Å². The van der Waals surface area contributed by atoms with Gasteiger partial charge in [-0.25, -0.2) is 9.97 Å². The van der Waals surface area contributed by atoms with Crippen LogP contribution >= 0.6 is 0 Å². The summed E-state index contributed by atoms with van der Waals surface area (Å²) in [7, 11) is 0. The third kappa shape index (κ3) is 4.04. The van der Waals surface area contributed by atoms with E-state index >= 15 is 0 Å². The highest BCUT2D eigenvalue weighted by Crippen LogP contribution is 2.50. The van der Waals surface area contributed by atoms with Gasteiger partial charge in [0.05, 0.1) is 22.4 Å². The van der Waals surface area contributed by atoms with Gasteiger partial charge in [0.15, 0.2) is 5.82 Å². The van der Waals surface area contributed by atoms with E-state index in [0.29, 0.717) is 5.82 Å². The monoisotopic (exact) mass is 590 g/mol. The van der Waals surface area contributed by atoms with Crippen molar-refractivity contribution in [2.45, 2.75) is 19.3 Å². The maximum Gasteiger partial charge on any atom is 0.160 e. The fraction of sp³-hybridized carbons (Fsp3) is 0.0714. The van der Waals surface area contributed by atoms with E-state index in [1.807, 2.05) is 48.8 Å². The number of rotatable bonds is 4. The molecular weight excluding hydrogens is 560 g/mol. The van der Waals surface area contributed by atoms with Crippen LogP contribution in [0.4, 0.5) is 0 Å². The normalized spacial score (nSPS) is 13.2. The van der Waals surface area contributed by atoms with Crippen molar-refractivity contribution in [3.8, 4) is 50.7 Å². The van der Waals surface area contributed by atoms with Crippen LogP contribution in [-0.2, 0) is 5.41 Å². The summed E-state index contributed by atoms with van der Waals surface area (Å²) >= 11 is 0. The molecule has 1 aliphatic carbocycles. The van der Waals surface area contributed by atoms with Gasteiger partial charge < -0.3 is 4.57 Å². The fourth-order valence-corrected chi connectivity index (χ4v) is 7.21. The summed E-state index contributed by atoms with van der Waals surface area (Å²) in [4.78, 5) is 14.8. The van der Waals surface area contributed by atoms with Crippen LogP contribution in [0, 0.1) is 0 Å². The second-order valence-electron chi connectivity index (χ2n) is 12.6. The molecule has 0 amide bonds. The summed E-state index contributed by atoms with van der Waals surface area (Å²) < 4.78 is 2.37. The average molecular weight is 591 g/mol. The second-order valence-corrected chi connectivity index (χ2v) is 12.6. The van der Waals surface area contributed by atoms with Gasteiger partial charge >= 0.3 is 0 Å². The second kappa shape index (κ2) is 10.1.